The van der Waals surface area contributed by atoms with Crippen molar-refractivity contribution in [2.75, 3.05) is 5.75 Å². The molecule has 3 unspecified atom stereocenters. The monoisotopic (exact) mass is 257 g/mol. The molecule has 1 aliphatic heterocycles. The van der Waals surface area contributed by atoms with Crippen LogP contribution in [0.4, 0.5) is 8.78 Å². The fourth-order valence-corrected chi connectivity index (χ4v) is 3.49. The van der Waals surface area contributed by atoms with E-state index in [0.717, 1.165) is 12.2 Å². The molecule has 1 fully saturated rings. The molecule has 2 rings (SSSR count). The molecule has 0 aromatic heterocycles. The average molecular weight is 257 g/mol. The van der Waals surface area contributed by atoms with Crippen LogP contribution in [0.3, 0.4) is 0 Å². The molecule has 0 saturated carbocycles. The maximum absolute atomic E-state index is 13.6. The Morgan fingerprint density at radius 3 is 2.53 bits per heavy atom. The van der Waals surface area contributed by atoms with Gasteiger partial charge in [-0.3, -0.25) is 0 Å². The number of nitrogens with one attached hydrogen (secondary N) is 1. The molecule has 0 aliphatic carbocycles. The van der Waals surface area contributed by atoms with Crippen molar-refractivity contribution in [3.8, 4) is 0 Å². The number of benzene rings is 1. The summed E-state index contributed by atoms with van der Waals surface area (Å²) < 4.78 is 27.2. The first kappa shape index (κ1) is 12.8. The molecule has 1 aromatic rings. The maximum Gasteiger partial charge on any atom is 0.130 e. The molecule has 94 valence electrons. The van der Waals surface area contributed by atoms with Crippen molar-refractivity contribution in [1.82, 2.24) is 5.32 Å². The second-order valence-corrected chi connectivity index (χ2v) is 5.98. The predicted molar refractivity (Wildman–Crippen MR) is 68.2 cm³/mol. The first-order chi connectivity index (χ1) is 8.09. The zero-order chi connectivity index (χ0) is 12.4. The quantitative estimate of drug-likeness (QED) is 0.889. The molecule has 0 amide bonds. The van der Waals surface area contributed by atoms with Crippen LogP contribution >= 0.6 is 11.8 Å². The topological polar surface area (TPSA) is 12.0 Å². The number of hydrogen-bond acceptors (Lipinski definition) is 2. The van der Waals surface area contributed by atoms with Crippen LogP contribution in [0.15, 0.2) is 18.2 Å². The van der Waals surface area contributed by atoms with Gasteiger partial charge in [0, 0.05) is 22.9 Å². The van der Waals surface area contributed by atoms with Gasteiger partial charge in [0.2, 0.25) is 0 Å². The Balaban J connectivity index is 2.11. The standard InChI is InChI=1S/C13H17F2NS/c1-8(16-12-6-7-17-9(12)2)13-10(14)4-3-5-11(13)15/h3-5,8-9,12,16H,6-7H2,1-2H3. The SMILES string of the molecule is CC(NC1CCSC1C)c1c(F)cccc1F. The summed E-state index contributed by atoms with van der Waals surface area (Å²) in [5.74, 6) is 0.178. The second kappa shape index (κ2) is 5.36. The van der Waals surface area contributed by atoms with E-state index in [2.05, 4.69) is 12.2 Å². The zero-order valence-corrected chi connectivity index (χ0v) is 10.9. The lowest BCUT2D eigenvalue weighted by Gasteiger charge is -2.23. The lowest BCUT2D eigenvalue weighted by atomic mass is 10.0. The van der Waals surface area contributed by atoms with Crippen LogP contribution in [0, 0.1) is 11.6 Å². The van der Waals surface area contributed by atoms with Gasteiger partial charge >= 0.3 is 0 Å². The van der Waals surface area contributed by atoms with E-state index in [1.807, 2.05) is 18.7 Å². The summed E-state index contributed by atoms with van der Waals surface area (Å²) in [6.45, 7) is 3.97. The molecule has 0 radical (unpaired) electrons. The number of hydrogen-bond donors (Lipinski definition) is 1. The molecule has 1 aliphatic rings. The van der Waals surface area contributed by atoms with E-state index >= 15 is 0 Å². The minimum absolute atomic E-state index is 0.150. The van der Waals surface area contributed by atoms with Gasteiger partial charge in [-0.1, -0.05) is 13.0 Å². The molecule has 4 heteroatoms. The molecule has 1 saturated heterocycles. The van der Waals surface area contributed by atoms with Crippen LogP contribution in [-0.4, -0.2) is 17.0 Å². The van der Waals surface area contributed by atoms with Crippen LogP contribution in [0.5, 0.6) is 0 Å². The Morgan fingerprint density at radius 2 is 2.00 bits per heavy atom. The maximum atomic E-state index is 13.6. The third kappa shape index (κ3) is 2.80. The molecule has 1 N–H and O–H groups in total. The Bertz CT molecular complexity index is 377. The van der Waals surface area contributed by atoms with Gasteiger partial charge in [-0.2, -0.15) is 11.8 Å². The molecule has 1 aromatic carbocycles. The number of rotatable bonds is 3. The summed E-state index contributed by atoms with van der Waals surface area (Å²) in [6, 6.07) is 4.07. The van der Waals surface area contributed by atoms with E-state index in [4.69, 9.17) is 0 Å². The number of halogens is 2. The third-order valence-corrected chi connectivity index (χ3v) is 4.60. The average Bonchev–Trinajstić information content (AvgIpc) is 2.64. The minimum Gasteiger partial charge on any atom is -0.306 e. The van der Waals surface area contributed by atoms with Crippen molar-refractivity contribution in [3.05, 3.63) is 35.4 Å². The van der Waals surface area contributed by atoms with Gasteiger partial charge in [-0.25, -0.2) is 8.78 Å². The van der Waals surface area contributed by atoms with Crippen LogP contribution in [0.25, 0.3) is 0 Å². The lowest BCUT2D eigenvalue weighted by Crippen LogP contribution is -2.36. The smallest absolute Gasteiger partial charge is 0.130 e. The summed E-state index contributed by atoms with van der Waals surface area (Å²) in [5, 5.41) is 3.83. The van der Waals surface area contributed by atoms with Gasteiger partial charge in [-0.05, 0) is 31.2 Å². The van der Waals surface area contributed by atoms with Gasteiger partial charge in [-0.15, -0.1) is 0 Å². The van der Waals surface area contributed by atoms with Crippen LogP contribution in [0.2, 0.25) is 0 Å². The zero-order valence-electron chi connectivity index (χ0n) is 10.0. The van der Waals surface area contributed by atoms with Gasteiger partial charge < -0.3 is 5.32 Å². The Kier molecular flexibility index (Phi) is 4.05. The predicted octanol–water partition coefficient (Wildman–Crippen LogP) is 3.51. The Hall–Kier alpha value is -0.610. The van der Waals surface area contributed by atoms with Crippen molar-refractivity contribution in [1.29, 1.82) is 0 Å². The van der Waals surface area contributed by atoms with Crippen molar-refractivity contribution < 1.29 is 8.78 Å². The summed E-state index contributed by atoms with van der Waals surface area (Å²) in [7, 11) is 0. The molecule has 1 nitrogen and oxygen atoms in total. The lowest BCUT2D eigenvalue weighted by molar-refractivity contribution is 0.425. The fourth-order valence-electron chi connectivity index (χ4n) is 2.28. The van der Waals surface area contributed by atoms with Crippen molar-refractivity contribution in [2.24, 2.45) is 0 Å². The van der Waals surface area contributed by atoms with E-state index in [9.17, 15) is 8.78 Å². The normalized spacial score (nSPS) is 26.1. The van der Waals surface area contributed by atoms with Crippen LogP contribution in [0.1, 0.15) is 31.9 Å². The van der Waals surface area contributed by atoms with E-state index in [-0.39, 0.29) is 11.6 Å². The Morgan fingerprint density at radius 1 is 1.35 bits per heavy atom. The van der Waals surface area contributed by atoms with E-state index < -0.39 is 11.6 Å². The van der Waals surface area contributed by atoms with Crippen molar-refractivity contribution >= 4 is 11.8 Å². The van der Waals surface area contributed by atoms with Crippen LogP contribution in [-0.2, 0) is 0 Å². The van der Waals surface area contributed by atoms with E-state index in [1.165, 1.54) is 18.2 Å². The Labute approximate surface area is 105 Å². The van der Waals surface area contributed by atoms with Gasteiger partial charge in [0.15, 0.2) is 0 Å². The molecule has 17 heavy (non-hydrogen) atoms. The van der Waals surface area contributed by atoms with Crippen LogP contribution < -0.4 is 5.32 Å². The van der Waals surface area contributed by atoms with E-state index in [0.29, 0.717) is 11.3 Å². The van der Waals surface area contributed by atoms with Crippen molar-refractivity contribution in [2.45, 2.75) is 37.6 Å². The molecule has 3 atom stereocenters. The highest BCUT2D eigenvalue weighted by Crippen LogP contribution is 2.29. The first-order valence-electron chi connectivity index (χ1n) is 5.91. The largest absolute Gasteiger partial charge is 0.306 e. The highest BCUT2D eigenvalue weighted by molar-refractivity contribution is 8.00. The third-order valence-electron chi connectivity index (χ3n) is 3.27. The van der Waals surface area contributed by atoms with E-state index in [1.54, 1.807) is 0 Å². The summed E-state index contributed by atoms with van der Waals surface area (Å²) in [5.41, 5.74) is 0.150. The highest BCUT2D eigenvalue weighted by atomic mass is 32.2. The molecule has 0 spiro atoms. The molecule has 1 heterocycles. The highest BCUT2D eigenvalue weighted by Gasteiger charge is 2.27. The van der Waals surface area contributed by atoms with Gasteiger partial charge in [0.1, 0.15) is 11.6 Å². The molecular formula is C13H17F2NS. The van der Waals surface area contributed by atoms with Gasteiger partial charge in [0.05, 0.1) is 0 Å². The fraction of sp³-hybridized carbons (Fsp3) is 0.538. The summed E-state index contributed by atoms with van der Waals surface area (Å²) in [4.78, 5) is 0. The number of thioether (sulfide) groups is 1. The summed E-state index contributed by atoms with van der Waals surface area (Å²) >= 11 is 1.90. The van der Waals surface area contributed by atoms with Gasteiger partial charge in [0.25, 0.3) is 0 Å². The minimum atomic E-state index is -0.469. The van der Waals surface area contributed by atoms with Crippen molar-refractivity contribution in [3.63, 3.8) is 0 Å². The second-order valence-electron chi connectivity index (χ2n) is 4.49. The summed E-state index contributed by atoms with van der Waals surface area (Å²) in [6.07, 6.45) is 1.06. The first-order valence-corrected chi connectivity index (χ1v) is 6.96. The molecular weight excluding hydrogens is 240 g/mol. The molecule has 0 bridgehead atoms.